The van der Waals surface area contributed by atoms with Crippen LogP contribution in [0.1, 0.15) is 25.3 Å². The molecule has 0 radical (unpaired) electrons. The molecule has 0 spiro atoms. The number of Topliss-reactive ketones (excluding diaryl/α,β-unsaturated/α-hetero) is 1. The minimum Gasteiger partial charge on any atom is -0.493 e. The van der Waals surface area contributed by atoms with Crippen LogP contribution in [-0.2, 0) is 20.7 Å². The number of para-hydroxylation sites is 1. The Labute approximate surface area is 118 Å². The first-order valence-corrected chi connectivity index (χ1v) is 6.53. The van der Waals surface area contributed by atoms with Crippen molar-refractivity contribution in [2.24, 2.45) is 0 Å². The lowest BCUT2D eigenvalue weighted by Gasteiger charge is -2.13. The van der Waals surface area contributed by atoms with Crippen LogP contribution in [0, 0.1) is 0 Å². The highest BCUT2D eigenvalue weighted by Gasteiger charge is 2.19. The molecule has 1 aromatic rings. The Hall–Kier alpha value is -2.04. The summed E-state index contributed by atoms with van der Waals surface area (Å²) in [6, 6.07) is 5.27. The van der Waals surface area contributed by atoms with Gasteiger partial charge in [-0.05, 0) is 12.5 Å². The molecule has 0 aromatic heterocycles. The fourth-order valence-corrected chi connectivity index (χ4v) is 1.73. The number of ketones is 1. The van der Waals surface area contributed by atoms with Crippen LogP contribution in [-0.4, -0.2) is 32.6 Å². The summed E-state index contributed by atoms with van der Waals surface area (Å²) in [6.45, 7) is 2.66. The van der Waals surface area contributed by atoms with Crippen LogP contribution in [0.25, 0.3) is 0 Å². The fraction of sp³-hybridized carbons (Fsp3) is 0.467. The number of rotatable bonds is 8. The van der Waals surface area contributed by atoms with E-state index in [4.69, 9.17) is 9.47 Å². The number of methoxy groups -OCH3 is 2. The van der Waals surface area contributed by atoms with Gasteiger partial charge in [0.05, 0.1) is 20.8 Å². The molecule has 0 aliphatic heterocycles. The Morgan fingerprint density at radius 2 is 1.95 bits per heavy atom. The number of carbonyl (C=O) groups is 2. The smallest absolute Gasteiger partial charge is 0.374 e. The van der Waals surface area contributed by atoms with Crippen molar-refractivity contribution in [1.82, 2.24) is 0 Å². The molecule has 0 N–H and O–H groups in total. The van der Waals surface area contributed by atoms with Crippen LogP contribution >= 0.6 is 0 Å². The van der Waals surface area contributed by atoms with E-state index in [2.05, 4.69) is 11.7 Å². The van der Waals surface area contributed by atoms with Gasteiger partial charge in [0, 0.05) is 12.0 Å². The number of esters is 1. The van der Waals surface area contributed by atoms with Crippen LogP contribution in [0.2, 0.25) is 0 Å². The zero-order valence-electron chi connectivity index (χ0n) is 12.1. The van der Waals surface area contributed by atoms with Crippen molar-refractivity contribution < 1.29 is 23.8 Å². The molecule has 0 amide bonds. The maximum Gasteiger partial charge on any atom is 0.374 e. The molecule has 0 saturated carbocycles. The van der Waals surface area contributed by atoms with E-state index in [0.717, 1.165) is 12.8 Å². The minimum atomic E-state index is -0.857. The van der Waals surface area contributed by atoms with E-state index >= 15 is 0 Å². The van der Waals surface area contributed by atoms with Gasteiger partial charge in [0.25, 0.3) is 0 Å². The van der Waals surface area contributed by atoms with Gasteiger partial charge in [-0.15, -0.1) is 0 Å². The van der Waals surface area contributed by atoms with Gasteiger partial charge in [0.1, 0.15) is 0 Å². The topological polar surface area (TPSA) is 61.8 Å². The molecule has 0 bridgehead atoms. The fourth-order valence-electron chi connectivity index (χ4n) is 1.73. The largest absolute Gasteiger partial charge is 0.493 e. The van der Waals surface area contributed by atoms with Gasteiger partial charge in [-0.3, -0.25) is 4.79 Å². The third-order valence-corrected chi connectivity index (χ3v) is 2.78. The monoisotopic (exact) mass is 280 g/mol. The molecule has 0 aliphatic carbocycles. The molecule has 1 aromatic carbocycles. The van der Waals surface area contributed by atoms with Gasteiger partial charge in [0.15, 0.2) is 11.5 Å². The number of hydrogen-bond donors (Lipinski definition) is 0. The summed E-state index contributed by atoms with van der Waals surface area (Å²) in [5, 5.41) is 0. The second-order valence-electron chi connectivity index (χ2n) is 4.24. The number of ether oxygens (including phenoxy) is 3. The van der Waals surface area contributed by atoms with Gasteiger partial charge < -0.3 is 14.2 Å². The van der Waals surface area contributed by atoms with Crippen molar-refractivity contribution >= 4 is 11.8 Å². The average molecular weight is 280 g/mol. The lowest BCUT2D eigenvalue weighted by Crippen LogP contribution is -2.18. The van der Waals surface area contributed by atoms with E-state index in [-0.39, 0.29) is 6.42 Å². The standard InChI is InChI=1S/C15H20O5/c1-4-5-9-20-13-8-6-7-11(14(13)18-2)10-12(16)15(17)19-3/h6-8H,4-5,9-10H2,1-3H3. The normalized spacial score (nSPS) is 9.95. The first kappa shape index (κ1) is 16.0. The van der Waals surface area contributed by atoms with Crippen LogP contribution < -0.4 is 9.47 Å². The minimum absolute atomic E-state index is 0.0686. The summed E-state index contributed by atoms with van der Waals surface area (Å²) < 4.78 is 15.3. The van der Waals surface area contributed by atoms with Crippen molar-refractivity contribution in [3.05, 3.63) is 23.8 Å². The highest BCUT2D eigenvalue weighted by molar-refractivity contribution is 6.34. The number of unbranched alkanes of at least 4 members (excludes halogenated alkanes) is 1. The summed E-state index contributed by atoms with van der Waals surface area (Å²) in [6.07, 6.45) is 1.90. The van der Waals surface area contributed by atoms with Crippen molar-refractivity contribution in [2.45, 2.75) is 26.2 Å². The van der Waals surface area contributed by atoms with Crippen LogP contribution in [0.15, 0.2) is 18.2 Å². The molecule has 0 saturated heterocycles. The SMILES string of the molecule is CCCCOc1cccc(CC(=O)C(=O)OC)c1OC. The predicted octanol–water partition coefficient (Wildman–Crippen LogP) is 2.16. The summed E-state index contributed by atoms with van der Waals surface area (Å²) in [7, 11) is 2.69. The van der Waals surface area contributed by atoms with Gasteiger partial charge >= 0.3 is 5.97 Å². The van der Waals surface area contributed by atoms with Crippen LogP contribution in [0.5, 0.6) is 11.5 Å². The van der Waals surface area contributed by atoms with E-state index in [1.165, 1.54) is 14.2 Å². The van der Waals surface area contributed by atoms with E-state index in [0.29, 0.717) is 23.7 Å². The molecule has 5 heteroatoms. The Balaban J connectivity index is 2.88. The first-order chi connectivity index (χ1) is 9.63. The van der Waals surface area contributed by atoms with Crippen LogP contribution in [0.3, 0.4) is 0 Å². The van der Waals surface area contributed by atoms with E-state index in [9.17, 15) is 9.59 Å². The van der Waals surface area contributed by atoms with Crippen molar-refractivity contribution in [1.29, 1.82) is 0 Å². The number of carbonyl (C=O) groups excluding carboxylic acids is 2. The van der Waals surface area contributed by atoms with Gasteiger partial charge in [-0.1, -0.05) is 25.5 Å². The Kier molecular flexibility index (Phi) is 6.56. The Bertz CT molecular complexity index is 467. The molecule has 5 nitrogen and oxygen atoms in total. The second kappa shape index (κ2) is 8.19. The number of hydrogen-bond acceptors (Lipinski definition) is 5. The molecule has 0 unspecified atom stereocenters. The van der Waals surface area contributed by atoms with Gasteiger partial charge in [-0.2, -0.15) is 0 Å². The highest BCUT2D eigenvalue weighted by Crippen LogP contribution is 2.31. The molecule has 110 valence electrons. The molecular weight excluding hydrogens is 260 g/mol. The average Bonchev–Trinajstić information content (AvgIpc) is 2.46. The Morgan fingerprint density at radius 3 is 2.55 bits per heavy atom. The zero-order valence-corrected chi connectivity index (χ0v) is 12.1. The van der Waals surface area contributed by atoms with E-state index in [1.807, 2.05) is 0 Å². The lowest BCUT2D eigenvalue weighted by molar-refractivity contribution is -0.151. The molecule has 20 heavy (non-hydrogen) atoms. The summed E-state index contributed by atoms with van der Waals surface area (Å²) in [5.74, 6) is -0.405. The summed E-state index contributed by atoms with van der Waals surface area (Å²) >= 11 is 0. The van der Waals surface area contributed by atoms with Crippen molar-refractivity contribution in [2.75, 3.05) is 20.8 Å². The van der Waals surface area contributed by atoms with Crippen molar-refractivity contribution in [3.63, 3.8) is 0 Å². The van der Waals surface area contributed by atoms with E-state index < -0.39 is 11.8 Å². The lowest BCUT2D eigenvalue weighted by atomic mass is 10.1. The first-order valence-electron chi connectivity index (χ1n) is 6.53. The maximum absolute atomic E-state index is 11.6. The summed E-state index contributed by atoms with van der Waals surface area (Å²) in [4.78, 5) is 22.8. The molecule has 0 fully saturated rings. The van der Waals surface area contributed by atoms with Crippen molar-refractivity contribution in [3.8, 4) is 11.5 Å². The molecule has 0 atom stereocenters. The number of benzene rings is 1. The molecule has 0 aliphatic rings. The second-order valence-corrected chi connectivity index (χ2v) is 4.24. The van der Waals surface area contributed by atoms with Crippen LogP contribution in [0.4, 0.5) is 0 Å². The molecule has 0 heterocycles. The molecule has 1 rings (SSSR count). The van der Waals surface area contributed by atoms with Gasteiger partial charge in [-0.25, -0.2) is 4.79 Å². The Morgan fingerprint density at radius 1 is 1.20 bits per heavy atom. The third-order valence-electron chi connectivity index (χ3n) is 2.78. The highest BCUT2D eigenvalue weighted by atomic mass is 16.5. The predicted molar refractivity (Wildman–Crippen MR) is 74.1 cm³/mol. The zero-order chi connectivity index (χ0) is 15.0. The quantitative estimate of drug-likeness (QED) is 0.415. The molecular formula is C15H20O5. The summed E-state index contributed by atoms with van der Waals surface area (Å²) in [5.41, 5.74) is 0.608. The third kappa shape index (κ3) is 4.26. The van der Waals surface area contributed by atoms with E-state index in [1.54, 1.807) is 18.2 Å². The maximum atomic E-state index is 11.6. The van der Waals surface area contributed by atoms with Gasteiger partial charge in [0.2, 0.25) is 5.78 Å².